The van der Waals surface area contributed by atoms with Crippen LogP contribution < -0.4 is 0 Å². The molecule has 1 aliphatic heterocycles. The first-order valence-electron chi connectivity index (χ1n) is 5.44. The van der Waals surface area contributed by atoms with Crippen LogP contribution in [0.5, 0.6) is 0 Å². The van der Waals surface area contributed by atoms with Crippen molar-refractivity contribution in [2.24, 2.45) is 0 Å². The number of hydrogen-bond acceptors (Lipinski definition) is 2. The Morgan fingerprint density at radius 1 is 1.21 bits per heavy atom. The fraction of sp³-hybridized carbons (Fsp3) is 0.909. The van der Waals surface area contributed by atoms with Crippen LogP contribution in [-0.4, -0.2) is 21.3 Å². The maximum absolute atomic E-state index is 11.7. The number of Topliss-reactive ketones (excluding diaryl/α,β-unsaturated/α-hetero) is 1. The van der Waals surface area contributed by atoms with Crippen molar-refractivity contribution in [2.45, 2.75) is 63.5 Å². The van der Waals surface area contributed by atoms with Gasteiger partial charge in [-0.3, -0.25) is 4.79 Å². The van der Waals surface area contributed by atoms with Crippen LogP contribution in [0.25, 0.3) is 0 Å². The molecule has 2 rings (SSSR count). The predicted octanol–water partition coefficient (Wildman–Crippen LogP) is 2.90. The third-order valence-electron chi connectivity index (χ3n) is 3.64. The summed E-state index contributed by atoms with van der Waals surface area (Å²) in [5, 5.41) is 0. The van der Waals surface area contributed by atoms with E-state index in [1.54, 1.807) is 0 Å². The van der Waals surface area contributed by atoms with E-state index in [2.05, 4.69) is 13.8 Å². The Balaban J connectivity index is 2.28. The van der Waals surface area contributed by atoms with Gasteiger partial charge in [0.25, 0.3) is 0 Å². The lowest BCUT2D eigenvalue weighted by atomic mass is 9.79. The van der Waals surface area contributed by atoms with Gasteiger partial charge < -0.3 is 0 Å². The van der Waals surface area contributed by atoms with E-state index in [0.29, 0.717) is 18.6 Å². The topological polar surface area (TPSA) is 20.3 Å². The van der Waals surface area contributed by atoms with Crippen LogP contribution in [0.15, 0.2) is 0 Å². The van der Waals surface area contributed by atoms with Crippen LogP contribution in [0.4, 0.5) is 0 Å². The SMILES string of the molecule is CC1(C)CC(=O)CC2(CCCC2)N1Cl. The van der Waals surface area contributed by atoms with Gasteiger partial charge in [0.05, 0.1) is 0 Å². The summed E-state index contributed by atoms with van der Waals surface area (Å²) in [7, 11) is 0. The Bertz CT molecular complexity index is 256. The van der Waals surface area contributed by atoms with E-state index in [4.69, 9.17) is 11.8 Å². The van der Waals surface area contributed by atoms with Crippen molar-refractivity contribution in [1.82, 2.24) is 4.42 Å². The quantitative estimate of drug-likeness (QED) is 0.580. The van der Waals surface area contributed by atoms with Gasteiger partial charge in [0.15, 0.2) is 0 Å². The maximum Gasteiger partial charge on any atom is 0.136 e. The fourth-order valence-corrected chi connectivity index (χ4v) is 3.39. The Kier molecular flexibility index (Phi) is 2.39. The van der Waals surface area contributed by atoms with Gasteiger partial charge in [-0.15, -0.1) is 0 Å². The first kappa shape index (κ1) is 10.4. The second-order valence-corrected chi connectivity index (χ2v) is 5.76. The monoisotopic (exact) mass is 215 g/mol. The van der Waals surface area contributed by atoms with Gasteiger partial charge in [0.2, 0.25) is 0 Å². The summed E-state index contributed by atoms with van der Waals surface area (Å²) in [5.74, 6) is 0.383. The number of ketones is 1. The largest absolute Gasteiger partial charge is 0.300 e. The number of carbonyl (C=O) groups is 1. The number of rotatable bonds is 0. The molecule has 0 unspecified atom stereocenters. The summed E-state index contributed by atoms with van der Waals surface area (Å²) < 4.78 is 1.95. The van der Waals surface area contributed by atoms with Gasteiger partial charge in [-0.1, -0.05) is 12.8 Å². The van der Waals surface area contributed by atoms with E-state index in [1.165, 1.54) is 12.8 Å². The third-order valence-corrected chi connectivity index (χ3v) is 4.45. The van der Waals surface area contributed by atoms with Crippen molar-refractivity contribution >= 4 is 17.6 Å². The van der Waals surface area contributed by atoms with Gasteiger partial charge in [-0.05, 0) is 38.5 Å². The molecule has 0 N–H and O–H groups in total. The molecule has 1 spiro atoms. The molecular weight excluding hydrogens is 198 g/mol. The molecule has 0 radical (unpaired) electrons. The van der Waals surface area contributed by atoms with Crippen LogP contribution in [-0.2, 0) is 4.79 Å². The average Bonchev–Trinajstić information content (AvgIpc) is 2.49. The third kappa shape index (κ3) is 1.49. The van der Waals surface area contributed by atoms with E-state index in [-0.39, 0.29) is 11.1 Å². The molecule has 2 nitrogen and oxygen atoms in total. The van der Waals surface area contributed by atoms with Crippen molar-refractivity contribution in [3.05, 3.63) is 0 Å². The minimum absolute atomic E-state index is 0.0135. The van der Waals surface area contributed by atoms with Gasteiger partial charge >= 0.3 is 0 Å². The molecule has 0 aromatic rings. The molecule has 1 aliphatic carbocycles. The first-order valence-corrected chi connectivity index (χ1v) is 5.78. The summed E-state index contributed by atoms with van der Waals surface area (Å²) >= 11 is 6.42. The van der Waals surface area contributed by atoms with Crippen molar-refractivity contribution < 1.29 is 4.79 Å². The molecule has 0 amide bonds. The van der Waals surface area contributed by atoms with Crippen LogP contribution in [0, 0.1) is 0 Å². The molecule has 1 heterocycles. The van der Waals surface area contributed by atoms with E-state index in [9.17, 15) is 4.79 Å². The highest BCUT2D eigenvalue weighted by Crippen LogP contribution is 2.47. The fourth-order valence-electron chi connectivity index (χ4n) is 3.10. The van der Waals surface area contributed by atoms with Crippen LogP contribution >= 0.6 is 11.8 Å². The Morgan fingerprint density at radius 3 is 2.36 bits per heavy atom. The zero-order chi connectivity index (χ0) is 10.4. The van der Waals surface area contributed by atoms with E-state index < -0.39 is 0 Å². The Labute approximate surface area is 90.7 Å². The molecule has 0 bridgehead atoms. The van der Waals surface area contributed by atoms with Gasteiger partial charge in [0.1, 0.15) is 5.78 Å². The molecule has 14 heavy (non-hydrogen) atoms. The van der Waals surface area contributed by atoms with Crippen molar-refractivity contribution in [2.75, 3.05) is 0 Å². The van der Waals surface area contributed by atoms with Crippen molar-refractivity contribution in [3.63, 3.8) is 0 Å². The van der Waals surface area contributed by atoms with Crippen LogP contribution in [0.2, 0.25) is 0 Å². The first-order chi connectivity index (χ1) is 6.46. The van der Waals surface area contributed by atoms with Crippen LogP contribution in [0.3, 0.4) is 0 Å². The molecule has 0 aromatic carbocycles. The van der Waals surface area contributed by atoms with Crippen molar-refractivity contribution in [1.29, 1.82) is 0 Å². The Hall–Kier alpha value is -0.0800. The lowest BCUT2D eigenvalue weighted by Crippen LogP contribution is -2.57. The minimum Gasteiger partial charge on any atom is -0.300 e. The number of carbonyl (C=O) groups excluding carboxylic acids is 1. The zero-order valence-electron chi connectivity index (χ0n) is 8.98. The van der Waals surface area contributed by atoms with Gasteiger partial charge in [0, 0.05) is 23.9 Å². The van der Waals surface area contributed by atoms with Gasteiger partial charge in [-0.25, -0.2) is 4.42 Å². The minimum atomic E-state index is -0.165. The average molecular weight is 216 g/mol. The molecule has 0 atom stereocenters. The van der Waals surface area contributed by atoms with Crippen molar-refractivity contribution in [3.8, 4) is 0 Å². The number of halogens is 1. The highest BCUT2D eigenvalue weighted by atomic mass is 35.5. The number of piperidine rings is 1. The predicted molar refractivity (Wildman–Crippen MR) is 57.2 cm³/mol. The molecule has 1 saturated carbocycles. The molecule has 1 saturated heterocycles. The molecule has 2 aliphatic rings. The molecule has 3 heteroatoms. The summed E-state index contributed by atoms with van der Waals surface area (Å²) in [6, 6.07) is 0. The summed E-state index contributed by atoms with van der Waals surface area (Å²) in [4.78, 5) is 11.7. The molecule has 2 fully saturated rings. The highest BCUT2D eigenvalue weighted by molar-refractivity contribution is 6.15. The van der Waals surface area contributed by atoms with Gasteiger partial charge in [-0.2, -0.15) is 0 Å². The lowest BCUT2D eigenvalue weighted by Gasteiger charge is -2.49. The maximum atomic E-state index is 11.7. The lowest BCUT2D eigenvalue weighted by molar-refractivity contribution is -0.129. The zero-order valence-corrected chi connectivity index (χ0v) is 9.73. The molecule has 0 aromatic heterocycles. The number of nitrogens with zero attached hydrogens (tertiary/aromatic N) is 1. The molecular formula is C11H18ClNO. The second-order valence-electron chi connectivity index (χ2n) is 5.42. The summed E-state index contributed by atoms with van der Waals surface area (Å²) in [5.41, 5.74) is -0.179. The smallest absolute Gasteiger partial charge is 0.136 e. The second kappa shape index (κ2) is 3.21. The summed E-state index contributed by atoms with van der Waals surface area (Å²) in [6.07, 6.45) is 5.87. The van der Waals surface area contributed by atoms with Crippen LogP contribution in [0.1, 0.15) is 52.4 Å². The van der Waals surface area contributed by atoms with E-state index >= 15 is 0 Å². The number of hydrogen-bond donors (Lipinski definition) is 0. The highest BCUT2D eigenvalue weighted by Gasteiger charge is 2.50. The van der Waals surface area contributed by atoms with E-state index in [0.717, 1.165) is 12.8 Å². The van der Waals surface area contributed by atoms with E-state index in [1.807, 2.05) is 4.42 Å². The normalized spacial score (nSPS) is 31.2. The Morgan fingerprint density at radius 2 is 1.79 bits per heavy atom. The standard InChI is InChI=1S/C11H18ClNO/c1-10(2)7-9(14)8-11(13(10)12)5-3-4-6-11/h3-8H2,1-2H3. The molecule has 80 valence electrons. The summed E-state index contributed by atoms with van der Waals surface area (Å²) in [6.45, 7) is 4.13.